The van der Waals surface area contributed by atoms with Crippen LogP contribution < -0.4 is 15.8 Å². The minimum atomic E-state index is -3.85. The standard InChI is InChI=1S/C22H20FN3O5S/c1-14(21(27)26-17-10-12-18(13-11-17)32(24,29)30)31-22(28)19-4-2-3-5-20(19)25-16-8-6-15(23)7-9-16/h2-14,25H,1H3,(H,26,27)(H2,24,29,30)/t14-/m0/s1. The summed E-state index contributed by atoms with van der Waals surface area (Å²) in [4.78, 5) is 24.9. The lowest BCUT2D eigenvalue weighted by molar-refractivity contribution is -0.123. The summed E-state index contributed by atoms with van der Waals surface area (Å²) < 4.78 is 41.0. The number of nitrogens with one attached hydrogen (secondary N) is 2. The molecular formula is C22H20FN3O5S. The van der Waals surface area contributed by atoms with Crippen molar-refractivity contribution in [3.63, 3.8) is 0 Å². The maximum atomic E-state index is 13.1. The number of halogens is 1. The van der Waals surface area contributed by atoms with E-state index in [9.17, 15) is 22.4 Å². The highest BCUT2D eigenvalue weighted by atomic mass is 32.2. The molecule has 0 heterocycles. The molecular weight excluding hydrogens is 437 g/mol. The van der Waals surface area contributed by atoms with Crippen LogP contribution in [-0.2, 0) is 19.6 Å². The van der Waals surface area contributed by atoms with Crippen LogP contribution in [0.4, 0.5) is 21.5 Å². The molecule has 0 radical (unpaired) electrons. The molecule has 10 heteroatoms. The van der Waals surface area contributed by atoms with Gasteiger partial charge in [0.05, 0.1) is 16.1 Å². The van der Waals surface area contributed by atoms with E-state index in [1.54, 1.807) is 18.2 Å². The Labute approximate surface area is 184 Å². The summed E-state index contributed by atoms with van der Waals surface area (Å²) >= 11 is 0. The number of ether oxygens (including phenoxy) is 1. The van der Waals surface area contributed by atoms with Gasteiger partial charge in [0.15, 0.2) is 6.10 Å². The zero-order chi connectivity index (χ0) is 23.3. The highest BCUT2D eigenvalue weighted by Gasteiger charge is 2.21. The largest absolute Gasteiger partial charge is 0.449 e. The summed E-state index contributed by atoms with van der Waals surface area (Å²) in [6, 6.07) is 17.4. The van der Waals surface area contributed by atoms with E-state index in [1.165, 1.54) is 61.5 Å². The van der Waals surface area contributed by atoms with Gasteiger partial charge in [-0.05, 0) is 67.6 Å². The number of hydrogen-bond donors (Lipinski definition) is 3. The van der Waals surface area contributed by atoms with E-state index in [-0.39, 0.29) is 16.3 Å². The molecule has 0 spiro atoms. The summed E-state index contributed by atoms with van der Waals surface area (Å²) in [5.41, 5.74) is 1.49. The Hall–Kier alpha value is -3.76. The smallest absolute Gasteiger partial charge is 0.341 e. The molecule has 32 heavy (non-hydrogen) atoms. The molecule has 0 aromatic heterocycles. The van der Waals surface area contributed by atoms with Gasteiger partial charge in [0.1, 0.15) is 5.82 Å². The molecule has 0 aliphatic rings. The lowest BCUT2D eigenvalue weighted by Crippen LogP contribution is -2.30. The highest BCUT2D eigenvalue weighted by Crippen LogP contribution is 2.22. The fourth-order valence-corrected chi connectivity index (χ4v) is 3.22. The van der Waals surface area contributed by atoms with Gasteiger partial charge in [-0.25, -0.2) is 22.7 Å². The minimum absolute atomic E-state index is 0.0970. The van der Waals surface area contributed by atoms with Crippen molar-refractivity contribution in [2.45, 2.75) is 17.9 Å². The van der Waals surface area contributed by atoms with E-state index in [0.717, 1.165) is 0 Å². The van der Waals surface area contributed by atoms with Crippen LogP contribution in [0.25, 0.3) is 0 Å². The van der Waals surface area contributed by atoms with Crippen LogP contribution in [0.5, 0.6) is 0 Å². The van der Waals surface area contributed by atoms with Crippen molar-refractivity contribution in [2.75, 3.05) is 10.6 Å². The molecule has 3 aromatic rings. The summed E-state index contributed by atoms with van der Waals surface area (Å²) in [6.07, 6.45) is -1.14. The molecule has 166 valence electrons. The number of carbonyl (C=O) groups excluding carboxylic acids is 2. The molecule has 1 amide bonds. The van der Waals surface area contributed by atoms with E-state index in [1.807, 2.05) is 0 Å². The van der Waals surface area contributed by atoms with E-state index in [0.29, 0.717) is 17.1 Å². The zero-order valence-electron chi connectivity index (χ0n) is 16.9. The Morgan fingerprint density at radius 1 is 0.938 bits per heavy atom. The van der Waals surface area contributed by atoms with Crippen molar-refractivity contribution in [2.24, 2.45) is 5.14 Å². The minimum Gasteiger partial charge on any atom is -0.449 e. The number of rotatable bonds is 7. The number of anilines is 3. The van der Waals surface area contributed by atoms with Gasteiger partial charge in [0, 0.05) is 11.4 Å². The zero-order valence-corrected chi connectivity index (χ0v) is 17.7. The van der Waals surface area contributed by atoms with Gasteiger partial charge in [-0.3, -0.25) is 4.79 Å². The van der Waals surface area contributed by atoms with Crippen LogP contribution in [0.2, 0.25) is 0 Å². The fourth-order valence-electron chi connectivity index (χ4n) is 2.71. The average Bonchev–Trinajstić information content (AvgIpc) is 2.75. The normalized spacial score (nSPS) is 12.0. The van der Waals surface area contributed by atoms with Crippen molar-refractivity contribution in [1.29, 1.82) is 0 Å². The van der Waals surface area contributed by atoms with Gasteiger partial charge in [0.25, 0.3) is 5.91 Å². The molecule has 0 fully saturated rings. The maximum absolute atomic E-state index is 13.1. The molecule has 3 rings (SSSR count). The lowest BCUT2D eigenvalue weighted by Gasteiger charge is -2.16. The lowest BCUT2D eigenvalue weighted by atomic mass is 10.1. The summed E-state index contributed by atoms with van der Waals surface area (Å²) in [7, 11) is -3.85. The first-order valence-corrected chi connectivity index (χ1v) is 10.9. The van der Waals surface area contributed by atoms with Crippen LogP contribution in [0.3, 0.4) is 0 Å². The number of amides is 1. The molecule has 0 aliphatic heterocycles. The number of sulfonamides is 1. The molecule has 0 saturated heterocycles. The van der Waals surface area contributed by atoms with Gasteiger partial charge in [0.2, 0.25) is 10.0 Å². The van der Waals surface area contributed by atoms with Crippen molar-refractivity contribution in [3.05, 3.63) is 84.2 Å². The predicted molar refractivity (Wildman–Crippen MR) is 117 cm³/mol. The van der Waals surface area contributed by atoms with Gasteiger partial charge in [-0.2, -0.15) is 0 Å². The van der Waals surface area contributed by atoms with Gasteiger partial charge < -0.3 is 15.4 Å². The molecule has 0 bridgehead atoms. The first kappa shape index (κ1) is 22.9. The van der Waals surface area contributed by atoms with Crippen LogP contribution in [-0.4, -0.2) is 26.4 Å². The second-order valence-electron chi connectivity index (χ2n) is 6.78. The first-order valence-electron chi connectivity index (χ1n) is 9.40. The molecule has 4 N–H and O–H groups in total. The van der Waals surface area contributed by atoms with Crippen LogP contribution in [0.1, 0.15) is 17.3 Å². The van der Waals surface area contributed by atoms with E-state index < -0.39 is 28.0 Å². The van der Waals surface area contributed by atoms with Crippen molar-refractivity contribution in [1.82, 2.24) is 0 Å². The number of para-hydroxylation sites is 1. The van der Waals surface area contributed by atoms with Gasteiger partial charge in [-0.1, -0.05) is 12.1 Å². The Kier molecular flexibility index (Phi) is 6.86. The molecule has 0 aliphatic carbocycles. The second kappa shape index (κ2) is 9.58. The Balaban J connectivity index is 1.66. The molecule has 0 saturated carbocycles. The summed E-state index contributed by atoms with van der Waals surface area (Å²) in [5, 5.41) is 10.6. The SMILES string of the molecule is C[C@H](OC(=O)c1ccccc1Nc1ccc(F)cc1)C(=O)Nc1ccc(S(N)(=O)=O)cc1. The average molecular weight is 457 g/mol. The molecule has 0 unspecified atom stereocenters. The van der Waals surface area contributed by atoms with E-state index in [2.05, 4.69) is 10.6 Å². The first-order chi connectivity index (χ1) is 15.1. The quantitative estimate of drug-likeness (QED) is 0.467. The van der Waals surface area contributed by atoms with E-state index >= 15 is 0 Å². The second-order valence-corrected chi connectivity index (χ2v) is 8.35. The number of benzene rings is 3. The summed E-state index contributed by atoms with van der Waals surface area (Å²) in [5.74, 6) is -1.73. The monoisotopic (exact) mass is 457 g/mol. The number of hydrogen-bond acceptors (Lipinski definition) is 6. The number of nitrogens with two attached hydrogens (primary N) is 1. The van der Waals surface area contributed by atoms with Crippen LogP contribution in [0.15, 0.2) is 77.7 Å². The maximum Gasteiger partial charge on any atom is 0.341 e. The molecule has 1 atom stereocenters. The Bertz CT molecular complexity index is 1230. The predicted octanol–water partition coefficient (Wildman–Crippen LogP) is 3.40. The third-order valence-corrected chi connectivity index (χ3v) is 5.30. The topological polar surface area (TPSA) is 128 Å². The molecule has 8 nitrogen and oxygen atoms in total. The number of carbonyl (C=O) groups is 2. The van der Waals surface area contributed by atoms with E-state index in [4.69, 9.17) is 9.88 Å². The van der Waals surface area contributed by atoms with Crippen molar-refractivity contribution >= 4 is 39.0 Å². The number of esters is 1. The van der Waals surface area contributed by atoms with Crippen molar-refractivity contribution < 1.29 is 27.1 Å². The van der Waals surface area contributed by atoms with Gasteiger partial charge in [-0.15, -0.1) is 0 Å². The third-order valence-electron chi connectivity index (χ3n) is 4.37. The highest BCUT2D eigenvalue weighted by molar-refractivity contribution is 7.89. The third kappa shape index (κ3) is 5.90. The van der Waals surface area contributed by atoms with Crippen molar-refractivity contribution in [3.8, 4) is 0 Å². The number of primary sulfonamides is 1. The van der Waals surface area contributed by atoms with Crippen LogP contribution >= 0.6 is 0 Å². The molecule has 3 aromatic carbocycles. The van der Waals surface area contributed by atoms with Crippen LogP contribution in [0, 0.1) is 5.82 Å². The Morgan fingerprint density at radius 3 is 2.16 bits per heavy atom. The fraction of sp³-hybridized carbons (Fsp3) is 0.0909. The Morgan fingerprint density at radius 2 is 1.53 bits per heavy atom. The van der Waals surface area contributed by atoms with Gasteiger partial charge >= 0.3 is 5.97 Å². The summed E-state index contributed by atoms with van der Waals surface area (Å²) in [6.45, 7) is 1.40.